The van der Waals surface area contributed by atoms with Crippen molar-refractivity contribution in [2.45, 2.75) is 69.2 Å². The van der Waals surface area contributed by atoms with Crippen LogP contribution in [0.5, 0.6) is 0 Å². The van der Waals surface area contributed by atoms with Gasteiger partial charge in [0.15, 0.2) is 17.5 Å². The Labute approximate surface area is 593 Å². The predicted molar refractivity (Wildman–Crippen MR) is 432 cm³/mol. The van der Waals surface area contributed by atoms with Gasteiger partial charge in [-0.3, -0.25) is 4.98 Å². The minimum atomic E-state index is 0.684. The van der Waals surface area contributed by atoms with Gasteiger partial charge >= 0.3 is 0 Å². The van der Waals surface area contributed by atoms with E-state index in [4.69, 9.17) is 4.42 Å². The zero-order chi connectivity index (χ0) is 70.5. The first-order valence-electron chi connectivity index (χ1n) is 34.4. The van der Waals surface area contributed by atoms with Crippen LogP contribution in [0.3, 0.4) is 0 Å². The maximum absolute atomic E-state index is 5.65. The fraction of sp³-hybridized carbons (Fsp3) is 0.121. The Morgan fingerprint density at radius 2 is 0.475 bits per heavy atom. The van der Waals surface area contributed by atoms with E-state index in [1.807, 2.05) is 256 Å². The summed E-state index contributed by atoms with van der Waals surface area (Å²) < 4.78 is 8.41. The zero-order valence-electron chi connectivity index (χ0n) is 59.2. The maximum atomic E-state index is 5.65. The van der Waals surface area contributed by atoms with Gasteiger partial charge in [-0.15, -0.1) is 11.3 Å². The molecule has 0 N–H and O–H groups in total. The second-order valence-electron chi connectivity index (χ2n) is 20.2. The summed E-state index contributed by atoms with van der Waals surface area (Å²) >= 11 is 1.86. The summed E-state index contributed by atoms with van der Waals surface area (Å²) in [6, 6.07) is 121. The van der Waals surface area contributed by atoms with Gasteiger partial charge in [-0.05, 0) is 97.1 Å². The Morgan fingerprint density at radius 1 is 0.242 bits per heavy atom. The molecule has 0 fully saturated rings. The van der Waals surface area contributed by atoms with Crippen molar-refractivity contribution in [3.8, 4) is 34.2 Å². The van der Waals surface area contributed by atoms with Crippen LogP contribution in [-0.4, -0.2) is 27.0 Å². The number of rotatable bonds is 8. The van der Waals surface area contributed by atoms with Gasteiger partial charge in [0, 0.05) is 95.5 Å². The number of anilines is 5. The summed E-state index contributed by atoms with van der Waals surface area (Å²) in [6.45, 7) is 20.0. The molecule has 0 saturated carbocycles. The van der Waals surface area contributed by atoms with E-state index >= 15 is 0 Å². The number of pyridine rings is 1. The van der Waals surface area contributed by atoms with Gasteiger partial charge in [-0.2, -0.15) is 0 Å². The molecule has 0 spiro atoms. The molecule has 4 aromatic heterocycles. The molecule has 0 aliphatic carbocycles. The first-order chi connectivity index (χ1) is 49.1. The van der Waals surface area contributed by atoms with E-state index < -0.39 is 0 Å². The SMILES string of the molecule is CC.CC.CC.CC.CC.CN(c1ccccc1)c1ccccc1.c1ccc(-c2nc(-c3ccccc3)nc(-c3ccccc3)n2)cc1.c1ccc(N(c2ccccc2)c2ccccc2)cc1.c1ccc2c(c1)oc1ccccc12.c1ccc2c(c1)sc1ccccc12.c1ccncc1. The number of thiophene rings is 1. The van der Waals surface area contributed by atoms with Gasteiger partial charge in [-0.1, -0.05) is 330 Å². The zero-order valence-corrected chi connectivity index (χ0v) is 60.0. The van der Waals surface area contributed by atoms with E-state index in [1.54, 1.807) is 12.4 Å². The molecule has 0 amide bonds. The molecule has 0 aliphatic rings. The molecule has 16 aromatic rings. The summed E-state index contributed by atoms with van der Waals surface area (Å²) in [5.74, 6) is 2.05. The number of para-hydroxylation sites is 7. The summed E-state index contributed by atoms with van der Waals surface area (Å²) in [6.07, 6.45) is 3.50. The van der Waals surface area contributed by atoms with E-state index in [0.29, 0.717) is 17.5 Å². The standard InChI is InChI=1S/C21H15N3.C18H15N.C13H13N.C12H8O.C12H8S.C5H5N.5C2H6/c1-4-10-16(11-5-1)19-22-20(17-12-6-2-7-13-17)24-21(23-19)18-14-8-3-9-15-18;1-4-10-16(11-5-1)19(17-12-6-2-7-13-17)18-14-8-3-9-15-18;1-14(12-8-4-2-5-9-12)13-10-6-3-7-11-13;2*1-3-7-11-9(5-1)10-6-2-4-8-12(10)13-11;1-2-4-6-5-3-1;5*1-2/h1-15H;1-15H;2-11H,1H3;2*1-8H;1-5H;5*1-2H3. The van der Waals surface area contributed by atoms with Crippen molar-refractivity contribution in [1.29, 1.82) is 0 Å². The van der Waals surface area contributed by atoms with Crippen molar-refractivity contribution in [1.82, 2.24) is 19.9 Å². The second kappa shape index (κ2) is 45.0. The Balaban J connectivity index is 0.000000188. The highest BCUT2D eigenvalue weighted by Crippen LogP contribution is 2.35. The molecule has 12 aromatic carbocycles. The highest BCUT2D eigenvalue weighted by molar-refractivity contribution is 7.25. The van der Waals surface area contributed by atoms with Crippen LogP contribution < -0.4 is 9.80 Å². The minimum absolute atomic E-state index is 0.684. The average molecular weight is 1320 g/mol. The summed E-state index contributed by atoms with van der Waals surface area (Å²) in [4.78, 5) is 22.2. The summed E-state index contributed by atoms with van der Waals surface area (Å²) in [7, 11) is 2.07. The number of nitrogens with zero attached hydrogens (tertiary/aromatic N) is 6. The third-order valence-corrected chi connectivity index (χ3v) is 15.3. The van der Waals surface area contributed by atoms with E-state index in [1.165, 1.54) is 59.4 Å². The molecule has 8 heteroatoms. The lowest BCUT2D eigenvalue weighted by molar-refractivity contribution is 0.669. The van der Waals surface area contributed by atoms with E-state index in [9.17, 15) is 0 Å². The van der Waals surface area contributed by atoms with Crippen LogP contribution in [0.4, 0.5) is 28.4 Å². The largest absolute Gasteiger partial charge is 0.456 e. The van der Waals surface area contributed by atoms with Crippen molar-refractivity contribution in [2.75, 3.05) is 16.8 Å². The van der Waals surface area contributed by atoms with Crippen molar-refractivity contribution < 1.29 is 4.42 Å². The highest BCUT2D eigenvalue weighted by atomic mass is 32.1. The first-order valence-corrected chi connectivity index (χ1v) is 35.2. The van der Waals surface area contributed by atoms with Crippen LogP contribution in [0.1, 0.15) is 69.2 Å². The number of benzene rings is 12. The molecule has 4 heterocycles. The monoisotopic (exact) mass is 1320 g/mol. The number of fused-ring (bicyclic) bond motifs is 6. The quantitative estimate of drug-likeness (QED) is 0.150. The number of hydrogen-bond acceptors (Lipinski definition) is 8. The van der Waals surface area contributed by atoms with E-state index in [-0.39, 0.29) is 0 Å². The number of aromatic nitrogens is 4. The molecule has 0 bridgehead atoms. The fourth-order valence-electron chi connectivity index (χ4n) is 9.82. The minimum Gasteiger partial charge on any atom is -0.456 e. The first kappa shape index (κ1) is 76.4. The molecule has 0 saturated heterocycles. The Morgan fingerprint density at radius 3 is 0.747 bits per heavy atom. The van der Waals surface area contributed by atoms with E-state index in [0.717, 1.165) is 27.9 Å². The lowest BCUT2D eigenvalue weighted by Gasteiger charge is -2.25. The van der Waals surface area contributed by atoms with Gasteiger partial charge in [0.05, 0.1) is 0 Å². The van der Waals surface area contributed by atoms with Crippen LogP contribution in [-0.2, 0) is 0 Å². The van der Waals surface area contributed by atoms with Crippen molar-refractivity contribution in [2.24, 2.45) is 0 Å². The van der Waals surface area contributed by atoms with Gasteiger partial charge in [-0.25, -0.2) is 15.0 Å². The van der Waals surface area contributed by atoms with Crippen LogP contribution >= 0.6 is 11.3 Å². The Bertz CT molecular complexity index is 4160. The van der Waals surface area contributed by atoms with E-state index in [2.05, 4.69) is 219 Å². The lowest BCUT2D eigenvalue weighted by atomic mass is 10.1. The molecule has 0 radical (unpaired) electrons. The predicted octanol–water partition coefficient (Wildman–Crippen LogP) is 27.3. The number of hydrogen-bond donors (Lipinski definition) is 0. The normalized spacial score (nSPS) is 9.57. The smallest absolute Gasteiger partial charge is 0.164 e. The highest BCUT2D eigenvalue weighted by Gasteiger charge is 2.13. The number of furan rings is 1. The van der Waals surface area contributed by atoms with Crippen LogP contribution in [0.2, 0.25) is 0 Å². The third-order valence-electron chi connectivity index (χ3n) is 14.2. The maximum Gasteiger partial charge on any atom is 0.164 e. The molecule has 0 atom stereocenters. The Hall–Kier alpha value is -11.6. The van der Waals surface area contributed by atoms with Gasteiger partial charge in [0.2, 0.25) is 0 Å². The van der Waals surface area contributed by atoms with Crippen molar-refractivity contribution in [3.63, 3.8) is 0 Å². The molecule has 500 valence electrons. The molecule has 7 nitrogen and oxygen atoms in total. The van der Waals surface area contributed by atoms with Gasteiger partial charge in [0.1, 0.15) is 11.2 Å². The third kappa shape index (κ3) is 23.3. The van der Waals surface area contributed by atoms with Crippen molar-refractivity contribution in [3.05, 3.63) is 370 Å². The molecule has 16 rings (SSSR count). The average Bonchev–Trinajstić information content (AvgIpc) is 1.76. The van der Waals surface area contributed by atoms with Crippen LogP contribution in [0.25, 0.3) is 76.3 Å². The van der Waals surface area contributed by atoms with Crippen LogP contribution in [0, 0.1) is 0 Å². The fourth-order valence-corrected chi connectivity index (χ4v) is 10.9. The molecule has 99 heavy (non-hydrogen) atoms. The topological polar surface area (TPSA) is 71.2 Å². The molecular weight excluding hydrogens is 1230 g/mol. The summed E-state index contributed by atoms with van der Waals surface area (Å²) in [5, 5.41) is 5.14. The molecule has 0 unspecified atom stereocenters. The Kier molecular flexibility index (Phi) is 34.7. The van der Waals surface area contributed by atoms with Crippen LogP contribution in [0.15, 0.2) is 375 Å². The molecular formula is C91H94N6OS. The van der Waals surface area contributed by atoms with Crippen molar-refractivity contribution >= 4 is 81.9 Å². The van der Waals surface area contributed by atoms with Gasteiger partial charge in [0.25, 0.3) is 0 Å². The second-order valence-corrected chi connectivity index (χ2v) is 21.3. The molecule has 0 aliphatic heterocycles. The lowest BCUT2D eigenvalue weighted by Crippen LogP contribution is -2.09. The van der Waals surface area contributed by atoms with Gasteiger partial charge < -0.3 is 14.2 Å². The summed E-state index contributed by atoms with van der Waals surface area (Å²) in [5.41, 5.74) is 10.8.